The van der Waals surface area contributed by atoms with Gasteiger partial charge in [-0.3, -0.25) is 4.79 Å². The fourth-order valence-electron chi connectivity index (χ4n) is 3.27. The smallest absolute Gasteiger partial charge is 0.251 e. The van der Waals surface area contributed by atoms with Gasteiger partial charge in [-0.15, -0.1) is 0 Å². The standard InChI is InChI=1S/C18H25N3O2S/c1-12-3-4-14-15(11-12)20-17(19-14)13-5-8-21(9-6-13)18(23)16(22)7-10-24-2/h3-4,11,13,16,22H,5-10H2,1-2H3,(H,19,20). The SMILES string of the molecule is CSCCC(O)C(=O)N1CCC(c2nc3ccc(C)cc3[nH]2)CC1. The molecule has 2 heterocycles. The van der Waals surface area contributed by atoms with Crippen LogP contribution >= 0.6 is 11.8 Å². The molecule has 0 radical (unpaired) electrons. The lowest BCUT2D eigenvalue weighted by atomic mass is 9.95. The molecule has 1 atom stereocenters. The van der Waals surface area contributed by atoms with Crippen molar-refractivity contribution in [1.82, 2.24) is 14.9 Å². The Bertz CT molecular complexity index is 707. The number of rotatable bonds is 5. The van der Waals surface area contributed by atoms with E-state index < -0.39 is 6.10 Å². The predicted octanol–water partition coefficient (Wildman–Crippen LogP) is 2.69. The van der Waals surface area contributed by atoms with E-state index in [1.165, 1.54) is 5.56 Å². The molecule has 1 aromatic heterocycles. The number of nitrogens with one attached hydrogen (secondary N) is 1. The van der Waals surface area contributed by atoms with E-state index in [2.05, 4.69) is 24.0 Å². The molecule has 3 rings (SSSR count). The number of nitrogens with zero attached hydrogens (tertiary/aromatic N) is 2. The van der Waals surface area contributed by atoms with Crippen molar-refractivity contribution in [2.45, 2.75) is 38.2 Å². The van der Waals surface area contributed by atoms with Crippen LogP contribution in [0.5, 0.6) is 0 Å². The second-order valence-corrected chi connectivity index (χ2v) is 7.53. The molecule has 1 aromatic carbocycles. The average Bonchev–Trinajstić information content (AvgIpc) is 3.02. The van der Waals surface area contributed by atoms with E-state index in [-0.39, 0.29) is 5.91 Å². The quantitative estimate of drug-likeness (QED) is 0.872. The van der Waals surface area contributed by atoms with Gasteiger partial charge in [0.1, 0.15) is 11.9 Å². The molecule has 130 valence electrons. The number of H-pyrrole nitrogens is 1. The second kappa shape index (κ2) is 7.57. The van der Waals surface area contributed by atoms with Gasteiger partial charge in [0.25, 0.3) is 5.91 Å². The van der Waals surface area contributed by atoms with Crippen LogP contribution in [0.2, 0.25) is 0 Å². The molecular formula is C18H25N3O2S. The average molecular weight is 347 g/mol. The summed E-state index contributed by atoms with van der Waals surface area (Å²) in [4.78, 5) is 22.2. The minimum Gasteiger partial charge on any atom is -0.383 e. The number of aromatic amines is 1. The fourth-order valence-corrected chi connectivity index (χ4v) is 3.73. The third-order valence-corrected chi connectivity index (χ3v) is 5.37. The number of hydrogen-bond donors (Lipinski definition) is 2. The Hall–Kier alpha value is -1.53. The summed E-state index contributed by atoms with van der Waals surface area (Å²) in [7, 11) is 0. The Kier molecular flexibility index (Phi) is 5.46. The number of likely N-dealkylation sites (tertiary alicyclic amines) is 1. The molecule has 24 heavy (non-hydrogen) atoms. The lowest BCUT2D eigenvalue weighted by molar-refractivity contribution is -0.141. The van der Waals surface area contributed by atoms with Crippen LogP contribution in [0.15, 0.2) is 18.2 Å². The van der Waals surface area contributed by atoms with Crippen LogP contribution < -0.4 is 0 Å². The third-order valence-electron chi connectivity index (χ3n) is 4.73. The highest BCUT2D eigenvalue weighted by atomic mass is 32.2. The van der Waals surface area contributed by atoms with Crippen LogP contribution in [0.4, 0.5) is 0 Å². The molecule has 1 aliphatic heterocycles. The van der Waals surface area contributed by atoms with Crippen LogP contribution in [0, 0.1) is 6.92 Å². The van der Waals surface area contributed by atoms with Gasteiger partial charge in [-0.2, -0.15) is 11.8 Å². The molecule has 1 saturated heterocycles. The third kappa shape index (κ3) is 3.75. The first kappa shape index (κ1) is 17.3. The van der Waals surface area contributed by atoms with Gasteiger partial charge in [-0.1, -0.05) is 6.07 Å². The van der Waals surface area contributed by atoms with Crippen LogP contribution in [-0.4, -0.2) is 57.1 Å². The molecule has 0 spiro atoms. The number of thioether (sulfide) groups is 1. The number of carbonyl (C=O) groups is 1. The van der Waals surface area contributed by atoms with Crippen molar-refractivity contribution >= 4 is 28.7 Å². The van der Waals surface area contributed by atoms with Gasteiger partial charge in [-0.25, -0.2) is 4.98 Å². The number of benzene rings is 1. The lowest BCUT2D eigenvalue weighted by Crippen LogP contribution is -2.43. The number of aryl methyl sites for hydroxylation is 1. The molecule has 2 aromatic rings. The van der Waals surface area contributed by atoms with Gasteiger partial charge in [0, 0.05) is 19.0 Å². The minimum absolute atomic E-state index is 0.122. The maximum absolute atomic E-state index is 12.3. The Balaban J connectivity index is 1.60. The predicted molar refractivity (Wildman–Crippen MR) is 98.4 cm³/mol. The first-order chi connectivity index (χ1) is 11.6. The van der Waals surface area contributed by atoms with E-state index in [9.17, 15) is 9.90 Å². The largest absolute Gasteiger partial charge is 0.383 e. The molecule has 0 bridgehead atoms. The van der Waals surface area contributed by atoms with Crippen LogP contribution in [-0.2, 0) is 4.79 Å². The topological polar surface area (TPSA) is 69.2 Å². The molecule has 1 amide bonds. The maximum Gasteiger partial charge on any atom is 0.251 e. The zero-order chi connectivity index (χ0) is 17.1. The molecular weight excluding hydrogens is 322 g/mol. The Morgan fingerprint density at radius 2 is 2.21 bits per heavy atom. The number of aromatic nitrogens is 2. The monoisotopic (exact) mass is 347 g/mol. The Labute approximate surface area is 146 Å². The molecule has 0 aliphatic carbocycles. The van der Waals surface area contributed by atoms with Crippen molar-refractivity contribution in [3.8, 4) is 0 Å². The van der Waals surface area contributed by atoms with E-state index in [4.69, 9.17) is 4.98 Å². The van der Waals surface area contributed by atoms with Crippen molar-refractivity contribution in [1.29, 1.82) is 0 Å². The van der Waals surface area contributed by atoms with Gasteiger partial charge < -0.3 is 15.0 Å². The minimum atomic E-state index is -0.858. The number of hydrogen-bond acceptors (Lipinski definition) is 4. The van der Waals surface area contributed by atoms with Crippen molar-refractivity contribution < 1.29 is 9.90 Å². The zero-order valence-corrected chi connectivity index (χ0v) is 15.1. The van der Waals surface area contributed by atoms with Crippen molar-refractivity contribution in [3.05, 3.63) is 29.6 Å². The second-order valence-electron chi connectivity index (χ2n) is 6.54. The van der Waals surface area contributed by atoms with Crippen molar-refractivity contribution in [3.63, 3.8) is 0 Å². The van der Waals surface area contributed by atoms with Gasteiger partial charge >= 0.3 is 0 Å². The maximum atomic E-state index is 12.3. The van der Waals surface area contributed by atoms with E-state index in [0.717, 1.165) is 35.5 Å². The summed E-state index contributed by atoms with van der Waals surface area (Å²) in [6, 6.07) is 6.24. The molecule has 1 unspecified atom stereocenters. The van der Waals surface area contributed by atoms with Gasteiger partial charge in [0.15, 0.2) is 0 Å². The van der Waals surface area contributed by atoms with Crippen LogP contribution in [0.3, 0.4) is 0 Å². The van der Waals surface area contributed by atoms with E-state index in [0.29, 0.717) is 25.4 Å². The number of amides is 1. The van der Waals surface area contributed by atoms with Crippen LogP contribution in [0.25, 0.3) is 11.0 Å². The Morgan fingerprint density at radius 3 is 2.92 bits per heavy atom. The van der Waals surface area contributed by atoms with Gasteiger partial charge in [0.2, 0.25) is 0 Å². The zero-order valence-electron chi connectivity index (χ0n) is 14.3. The van der Waals surface area contributed by atoms with Crippen LogP contribution in [0.1, 0.15) is 36.6 Å². The number of aliphatic hydroxyl groups is 1. The summed E-state index contributed by atoms with van der Waals surface area (Å²) in [6.45, 7) is 3.46. The molecule has 2 N–H and O–H groups in total. The first-order valence-corrected chi connectivity index (χ1v) is 9.90. The fraction of sp³-hybridized carbons (Fsp3) is 0.556. The summed E-state index contributed by atoms with van der Waals surface area (Å²) < 4.78 is 0. The summed E-state index contributed by atoms with van der Waals surface area (Å²) in [6.07, 6.45) is 3.43. The van der Waals surface area contributed by atoms with Gasteiger partial charge in [0.05, 0.1) is 11.0 Å². The summed E-state index contributed by atoms with van der Waals surface area (Å²) >= 11 is 1.65. The Morgan fingerprint density at radius 1 is 1.46 bits per heavy atom. The highest BCUT2D eigenvalue weighted by Gasteiger charge is 2.28. The van der Waals surface area contributed by atoms with E-state index >= 15 is 0 Å². The number of aliphatic hydroxyl groups excluding tert-OH is 1. The van der Waals surface area contributed by atoms with E-state index in [1.807, 2.05) is 12.3 Å². The molecule has 6 heteroatoms. The normalized spacial score (nSPS) is 17.4. The highest BCUT2D eigenvalue weighted by molar-refractivity contribution is 7.98. The molecule has 0 saturated carbocycles. The molecule has 1 fully saturated rings. The highest BCUT2D eigenvalue weighted by Crippen LogP contribution is 2.28. The molecule has 1 aliphatic rings. The first-order valence-electron chi connectivity index (χ1n) is 8.50. The lowest BCUT2D eigenvalue weighted by Gasteiger charge is -2.32. The van der Waals surface area contributed by atoms with Crippen molar-refractivity contribution in [2.75, 3.05) is 25.1 Å². The van der Waals surface area contributed by atoms with Gasteiger partial charge in [-0.05, 0) is 55.9 Å². The summed E-state index contributed by atoms with van der Waals surface area (Å²) in [5, 5.41) is 9.98. The number of imidazole rings is 1. The number of piperidine rings is 1. The van der Waals surface area contributed by atoms with E-state index in [1.54, 1.807) is 16.7 Å². The number of carbonyl (C=O) groups excluding carboxylic acids is 1. The van der Waals surface area contributed by atoms with Crippen molar-refractivity contribution in [2.24, 2.45) is 0 Å². The summed E-state index contributed by atoms with van der Waals surface area (Å²) in [5.74, 6) is 2.06. The number of fused-ring (bicyclic) bond motifs is 1. The molecule has 5 nitrogen and oxygen atoms in total. The summed E-state index contributed by atoms with van der Waals surface area (Å²) in [5.41, 5.74) is 3.30.